The van der Waals surface area contributed by atoms with Crippen LogP contribution in [-0.4, -0.2) is 38.8 Å². The van der Waals surface area contributed by atoms with Gasteiger partial charge in [-0.15, -0.1) is 0 Å². The molecule has 124 valence electrons. The number of fused-ring (bicyclic) bond motifs is 1. The number of rotatable bonds is 6. The molecule has 1 amide bonds. The molecule has 1 aliphatic rings. The molecule has 0 bridgehead atoms. The van der Waals surface area contributed by atoms with Crippen molar-refractivity contribution in [2.24, 2.45) is 0 Å². The summed E-state index contributed by atoms with van der Waals surface area (Å²) in [4.78, 5) is 14.4. The number of unbranched alkanes of at least 4 members (excludes halogenated alkanes) is 1. The molecule has 0 spiro atoms. The molecule has 0 saturated heterocycles. The third-order valence-electron chi connectivity index (χ3n) is 4.05. The highest BCUT2D eigenvalue weighted by molar-refractivity contribution is 5.92. The Morgan fingerprint density at radius 1 is 1.39 bits per heavy atom. The number of nitrogens with zero attached hydrogens (tertiary/aromatic N) is 4. The average Bonchev–Trinajstić information content (AvgIpc) is 3.15. The van der Waals surface area contributed by atoms with E-state index >= 15 is 0 Å². The molecule has 0 aliphatic carbocycles. The smallest absolute Gasteiger partial charge is 0.273 e. The van der Waals surface area contributed by atoms with Gasteiger partial charge in [0.25, 0.3) is 5.91 Å². The van der Waals surface area contributed by atoms with Crippen LogP contribution in [0.1, 0.15) is 47.4 Å². The molecule has 7 heteroatoms. The Morgan fingerprint density at radius 3 is 3.00 bits per heavy atom. The molecule has 1 aliphatic heterocycles. The van der Waals surface area contributed by atoms with Gasteiger partial charge in [0.1, 0.15) is 5.76 Å². The van der Waals surface area contributed by atoms with Crippen LogP contribution in [0.4, 0.5) is 0 Å². The fourth-order valence-corrected chi connectivity index (χ4v) is 2.77. The molecule has 3 heterocycles. The van der Waals surface area contributed by atoms with Crippen molar-refractivity contribution in [3.63, 3.8) is 0 Å². The van der Waals surface area contributed by atoms with E-state index in [9.17, 15) is 4.79 Å². The summed E-state index contributed by atoms with van der Waals surface area (Å²) in [5, 5.41) is 11.1. The monoisotopic (exact) mass is 317 g/mol. The van der Waals surface area contributed by atoms with Crippen LogP contribution in [0.3, 0.4) is 0 Å². The van der Waals surface area contributed by atoms with Gasteiger partial charge >= 0.3 is 0 Å². The van der Waals surface area contributed by atoms with E-state index in [2.05, 4.69) is 33.5 Å². The van der Waals surface area contributed by atoms with Crippen molar-refractivity contribution in [2.45, 2.75) is 46.3 Å². The van der Waals surface area contributed by atoms with Gasteiger partial charge in [-0.25, -0.2) is 0 Å². The fraction of sp³-hybridized carbons (Fsp3) is 0.562. The van der Waals surface area contributed by atoms with E-state index in [1.54, 1.807) is 13.0 Å². The number of amides is 1. The molecule has 0 atom stereocenters. The van der Waals surface area contributed by atoms with E-state index in [-0.39, 0.29) is 5.91 Å². The van der Waals surface area contributed by atoms with Crippen molar-refractivity contribution in [1.29, 1.82) is 0 Å². The summed E-state index contributed by atoms with van der Waals surface area (Å²) in [6.45, 7) is 8.40. The van der Waals surface area contributed by atoms with Crippen LogP contribution in [0.15, 0.2) is 16.7 Å². The van der Waals surface area contributed by atoms with Crippen LogP contribution in [0.25, 0.3) is 0 Å². The van der Waals surface area contributed by atoms with Crippen LogP contribution in [0.5, 0.6) is 0 Å². The van der Waals surface area contributed by atoms with Gasteiger partial charge < -0.3 is 9.84 Å². The molecule has 0 fully saturated rings. The summed E-state index contributed by atoms with van der Waals surface area (Å²) in [7, 11) is 0. The highest BCUT2D eigenvalue weighted by Gasteiger charge is 2.18. The molecule has 3 rings (SSSR count). The van der Waals surface area contributed by atoms with Crippen LogP contribution in [0, 0.1) is 6.92 Å². The Balaban J connectivity index is 1.56. The standard InChI is InChI=1S/C16H23N5O2/c1-3-4-5-20-6-7-21-14(11-20)9-13(18-21)10-17-16(22)15-8-12(2)23-19-15/h8-9H,3-7,10-11H2,1-2H3,(H,17,22). The number of hydrogen-bond acceptors (Lipinski definition) is 5. The second-order valence-electron chi connectivity index (χ2n) is 5.99. The van der Waals surface area contributed by atoms with E-state index in [1.807, 2.05) is 4.68 Å². The number of carbonyl (C=O) groups is 1. The van der Waals surface area contributed by atoms with Crippen LogP contribution in [0.2, 0.25) is 0 Å². The normalized spacial score (nSPS) is 14.7. The first-order valence-corrected chi connectivity index (χ1v) is 8.15. The van der Waals surface area contributed by atoms with Crippen molar-refractivity contribution >= 4 is 5.91 Å². The minimum absolute atomic E-state index is 0.239. The minimum Gasteiger partial charge on any atom is -0.361 e. The zero-order valence-corrected chi connectivity index (χ0v) is 13.7. The first-order valence-electron chi connectivity index (χ1n) is 8.15. The Hall–Kier alpha value is -2.15. The van der Waals surface area contributed by atoms with Gasteiger partial charge in [0.05, 0.1) is 24.5 Å². The van der Waals surface area contributed by atoms with E-state index in [1.165, 1.54) is 18.5 Å². The SMILES string of the molecule is CCCCN1CCn2nc(CNC(=O)c3cc(C)on3)cc2C1. The zero-order valence-electron chi connectivity index (χ0n) is 13.7. The van der Waals surface area contributed by atoms with Gasteiger partial charge in [-0.05, 0) is 26.0 Å². The van der Waals surface area contributed by atoms with Gasteiger partial charge in [-0.1, -0.05) is 18.5 Å². The zero-order chi connectivity index (χ0) is 16.2. The summed E-state index contributed by atoms with van der Waals surface area (Å²) in [5.41, 5.74) is 2.40. The number of carbonyl (C=O) groups excluding carboxylic acids is 1. The molecule has 0 aromatic carbocycles. The second-order valence-corrected chi connectivity index (χ2v) is 5.99. The van der Waals surface area contributed by atoms with Crippen molar-refractivity contribution in [3.05, 3.63) is 35.0 Å². The Labute approximate surface area is 135 Å². The van der Waals surface area contributed by atoms with E-state index in [0.717, 1.165) is 31.9 Å². The number of hydrogen-bond donors (Lipinski definition) is 1. The van der Waals surface area contributed by atoms with Gasteiger partial charge in [-0.3, -0.25) is 14.4 Å². The summed E-state index contributed by atoms with van der Waals surface area (Å²) in [6.07, 6.45) is 2.45. The fourth-order valence-electron chi connectivity index (χ4n) is 2.77. The van der Waals surface area contributed by atoms with Gasteiger partial charge in [0, 0.05) is 19.2 Å². The van der Waals surface area contributed by atoms with Crippen molar-refractivity contribution < 1.29 is 9.32 Å². The predicted molar refractivity (Wildman–Crippen MR) is 84.8 cm³/mol. The maximum absolute atomic E-state index is 12.0. The molecule has 0 unspecified atom stereocenters. The Morgan fingerprint density at radius 2 is 2.26 bits per heavy atom. The lowest BCUT2D eigenvalue weighted by Gasteiger charge is -2.27. The molecule has 2 aromatic rings. The van der Waals surface area contributed by atoms with Crippen molar-refractivity contribution in [3.8, 4) is 0 Å². The van der Waals surface area contributed by atoms with E-state index in [0.29, 0.717) is 18.0 Å². The highest BCUT2D eigenvalue weighted by Crippen LogP contribution is 2.14. The summed E-state index contributed by atoms with van der Waals surface area (Å²) in [6, 6.07) is 3.70. The molecule has 1 N–H and O–H groups in total. The third kappa shape index (κ3) is 3.79. The third-order valence-corrected chi connectivity index (χ3v) is 4.05. The summed E-state index contributed by atoms with van der Waals surface area (Å²) in [5.74, 6) is 0.386. The van der Waals surface area contributed by atoms with Crippen LogP contribution < -0.4 is 5.32 Å². The van der Waals surface area contributed by atoms with Gasteiger partial charge in [0.2, 0.25) is 0 Å². The molecular weight excluding hydrogens is 294 g/mol. The van der Waals surface area contributed by atoms with Crippen LogP contribution in [-0.2, 0) is 19.6 Å². The molecule has 0 saturated carbocycles. The largest absolute Gasteiger partial charge is 0.361 e. The van der Waals surface area contributed by atoms with Crippen molar-refractivity contribution in [2.75, 3.05) is 13.1 Å². The van der Waals surface area contributed by atoms with E-state index in [4.69, 9.17) is 4.52 Å². The lowest BCUT2D eigenvalue weighted by atomic mass is 10.2. The number of aryl methyl sites for hydroxylation is 1. The molecule has 23 heavy (non-hydrogen) atoms. The highest BCUT2D eigenvalue weighted by atomic mass is 16.5. The Kier molecular flexibility index (Phi) is 4.76. The maximum atomic E-state index is 12.0. The quantitative estimate of drug-likeness (QED) is 0.878. The van der Waals surface area contributed by atoms with Gasteiger partial charge in [0.15, 0.2) is 5.69 Å². The second kappa shape index (κ2) is 6.95. The first-order chi connectivity index (χ1) is 11.2. The van der Waals surface area contributed by atoms with Crippen molar-refractivity contribution in [1.82, 2.24) is 25.2 Å². The van der Waals surface area contributed by atoms with Gasteiger partial charge in [-0.2, -0.15) is 5.10 Å². The van der Waals surface area contributed by atoms with E-state index < -0.39 is 0 Å². The average molecular weight is 317 g/mol. The predicted octanol–water partition coefficient (Wildman–Crippen LogP) is 1.73. The minimum atomic E-state index is -0.239. The number of aromatic nitrogens is 3. The lowest BCUT2D eigenvalue weighted by Crippen LogP contribution is -2.34. The number of nitrogens with one attached hydrogen (secondary N) is 1. The molecular formula is C16H23N5O2. The molecule has 7 nitrogen and oxygen atoms in total. The summed E-state index contributed by atoms with van der Waals surface area (Å²) < 4.78 is 6.96. The molecule has 2 aromatic heterocycles. The summed E-state index contributed by atoms with van der Waals surface area (Å²) >= 11 is 0. The first kappa shape index (κ1) is 15.7. The maximum Gasteiger partial charge on any atom is 0.273 e. The topological polar surface area (TPSA) is 76.2 Å². The molecule has 0 radical (unpaired) electrons. The van der Waals surface area contributed by atoms with Crippen LogP contribution >= 0.6 is 0 Å². The Bertz CT molecular complexity index is 676. The lowest BCUT2D eigenvalue weighted by molar-refractivity contribution is 0.0941.